The van der Waals surface area contributed by atoms with Crippen molar-refractivity contribution in [2.45, 2.75) is 19.6 Å². The Morgan fingerprint density at radius 3 is 2.48 bits per heavy atom. The zero-order valence-corrected chi connectivity index (χ0v) is 11.5. The summed E-state index contributed by atoms with van der Waals surface area (Å²) < 4.78 is 38.0. The maximum Gasteiger partial charge on any atom is 0.471 e. The molecule has 2 rings (SSSR count). The molecule has 0 saturated carbocycles. The second-order valence-corrected chi connectivity index (χ2v) is 4.47. The second kappa shape index (κ2) is 5.72. The number of aromatic nitrogens is 3. The molecule has 2 aromatic rings. The van der Waals surface area contributed by atoms with Gasteiger partial charge in [-0.3, -0.25) is 10.1 Å². The van der Waals surface area contributed by atoms with Gasteiger partial charge in [-0.15, -0.1) is 5.10 Å². The van der Waals surface area contributed by atoms with E-state index in [2.05, 4.69) is 10.1 Å². The van der Waals surface area contributed by atoms with Crippen LogP contribution in [0.5, 0.6) is 0 Å². The van der Waals surface area contributed by atoms with E-state index in [-0.39, 0.29) is 18.3 Å². The number of carbonyl (C=O) groups excluding carboxylic acids is 1. The molecule has 0 unspecified atom stereocenters. The summed E-state index contributed by atoms with van der Waals surface area (Å²) in [7, 11) is 0. The van der Waals surface area contributed by atoms with Gasteiger partial charge in [0.05, 0.1) is 0 Å². The molecule has 1 heterocycles. The number of hydrogen-bond acceptors (Lipinski definition) is 3. The van der Waals surface area contributed by atoms with Gasteiger partial charge in [0.25, 0.3) is 0 Å². The molecule has 5 nitrogen and oxygen atoms in total. The summed E-state index contributed by atoms with van der Waals surface area (Å²) >= 11 is 5.75. The molecule has 112 valence electrons. The monoisotopic (exact) mass is 318 g/mol. The van der Waals surface area contributed by atoms with Crippen LogP contribution < -0.4 is 5.32 Å². The molecule has 1 N–H and O–H groups in total. The van der Waals surface area contributed by atoms with Crippen LogP contribution in [0.25, 0.3) is 11.4 Å². The molecule has 0 spiro atoms. The van der Waals surface area contributed by atoms with Crippen LogP contribution in [0.4, 0.5) is 19.1 Å². The first-order chi connectivity index (χ1) is 9.81. The molecule has 0 aliphatic heterocycles. The first-order valence-electron chi connectivity index (χ1n) is 5.90. The Morgan fingerprint density at radius 1 is 1.33 bits per heavy atom. The average Bonchev–Trinajstić information content (AvgIpc) is 2.81. The van der Waals surface area contributed by atoms with E-state index in [1.807, 2.05) is 0 Å². The van der Waals surface area contributed by atoms with Crippen LogP contribution in [0.2, 0.25) is 5.02 Å². The third kappa shape index (κ3) is 3.52. The molecular weight excluding hydrogens is 309 g/mol. The van der Waals surface area contributed by atoms with Gasteiger partial charge in [-0.2, -0.15) is 18.2 Å². The number of rotatable bonds is 3. The summed E-state index contributed by atoms with van der Waals surface area (Å²) in [6.45, 7) is 1.93. The standard InChI is InChI=1S/C12H10ClF3N4O/c1-2-20-11(18-10(21)12(14,15)16)17-9(19-20)7-3-5-8(13)6-4-7/h3-6H,2H2,1H3,(H,17,18,19,21). The molecule has 0 bridgehead atoms. The SMILES string of the molecule is CCn1nc(-c2ccc(Cl)cc2)nc1NC(=O)C(F)(F)F. The van der Waals surface area contributed by atoms with E-state index in [0.29, 0.717) is 10.6 Å². The third-order valence-corrected chi connectivity index (χ3v) is 2.81. The fourth-order valence-corrected chi connectivity index (χ4v) is 1.67. The topological polar surface area (TPSA) is 59.8 Å². The molecule has 0 fully saturated rings. The number of aryl methyl sites for hydroxylation is 1. The molecule has 21 heavy (non-hydrogen) atoms. The van der Waals surface area contributed by atoms with Gasteiger partial charge in [0.1, 0.15) is 0 Å². The number of benzene rings is 1. The number of halogens is 4. The number of alkyl halides is 3. The van der Waals surface area contributed by atoms with E-state index in [0.717, 1.165) is 0 Å². The zero-order valence-electron chi connectivity index (χ0n) is 10.8. The lowest BCUT2D eigenvalue weighted by molar-refractivity contribution is -0.167. The molecule has 0 aliphatic carbocycles. The van der Waals surface area contributed by atoms with Gasteiger partial charge in [0.15, 0.2) is 5.82 Å². The molecule has 1 aromatic carbocycles. The molecule has 1 aromatic heterocycles. The summed E-state index contributed by atoms with van der Waals surface area (Å²) in [6, 6.07) is 6.48. The first-order valence-corrected chi connectivity index (χ1v) is 6.28. The number of carbonyl (C=O) groups is 1. The van der Waals surface area contributed by atoms with Crippen LogP contribution in [-0.4, -0.2) is 26.8 Å². The van der Waals surface area contributed by atoms with Gasteiger partial charge in [-0.1, -0.05) is 11.6 Å². The Balaban J connectivity index is 2.31. The van der Waals surface area contributed by atoms with Crippen molar-refractivity contribution in [1.29, 1.82) is 0 Å². The summed E-state index contributed by atoms with van der Waals surface area (Å²) in [5.74, 6) is -2.15. The Morgan fingerprint density at radius 2 is 1.95 bits per heavy atom. The van der Waals surface area contributed by atoms with Crippen LogP contribution in [0, 0.1) is 0 Å². The van der Waals surface area contributed by atoms with Gasteiger partial charge < -0.3 is 0 Å². The lowest BCUT2D eigenvalue weighted by Crippen LogP contribution is -2.31. The number of nitrogens with zero attached hydrogens (tertiary/aromatic N) is 3. The Hall–Kier alpha value is -2.09. The largest absolute Gasteiger partial charge is 0.471 e. The lowest BCUT2D eigenvalue weighted by atomic mass is 10.2. The smallest absolute Gasteiger partial charge is 0.287 e. The summed E-state index contributed by atoms with van der Waals surface area (Å²) in [6.07, 6.45) is -4.98. The maximum absolute atomic E-state index is 12.3. The average molecular weight is 319 g/mol. The number of hydrogen-bond donors (Lipinski definition) is 1. The molecule has 0 saturated heterocycles. The van der Waals surface area contributed by atoms with E-state index >= 15 is 0 Å². The van der Waals surface area contributed by atoms with E-state index < -0.39 is 12.1 Å². The number of amides is 1. The van der Waals surface area contributed by atoms with Crippen LogP contribution in [-0.2, 0) is 11.3 Å². The van der Waals surface area contributed by atoms with Crippen molar-refractivity contribution in [3.05, 3.63) is 29.3 Å². The predicted octanol–water partition coefficient (Wildman–Crippen LogP) is 3.12. The van der Waals surface area contributed by atoms with Crippen LogP contribution in [0.1, 0.15) is 6.92 Å². The normalized spacial score (nSPS) is 11.5. The molecule has 9 heteroatoms. The highest BCUT2D eigenvalue weighted by Crippen LogP contribution is 2.22. The Kier molecular flexibility index (Phi) is 4.17. The van der Waals surface area contributed by atoms with Gasteiger partial charge >= 0.3 is 12.1 Å². The summed E-state index contributed by atoms with van der Waals surface area (Å²) in [5, 5.41) is 6.26. The van der Waals surface area contributed by atoms with E-state index in [4.69, 9.17) is 11.6 Å². The zero-order chi connectivity index (χ0) is 15.6. The second-order valence-electron chi connectivity index (χ2n) is 4.03. The first kappa shape index (κ1) is 15.3. The minimum atomic E-state index is -4.98. The fourth-order valence-electron chi connectivity index (χ4n) is 1.55. The quantitative estimate of drug-likeness (QED) is 0.946. The van der Waals surface area contributed by atoms with Gasteiger partial charge in [-0.25, -0.2) is 4.68 Å². The van der Waals surface area contributed by atoms with Crippen molar-refractivity contribution in [3.8, 4) is 11.4 Å². The van der Waals surface area contributed by atoms with Crippen molar-refractivity contribution in [2.75, 3.05) is 5.32 Å². The highest BCUT2D eigenvalue weighted by molar-refractivity contribution is 6.30. The molecule has 0 radical (unpaired) electrons. The van der Waals surface area contributed by atoms with E-state index in [1.165, 1.54) is 4.68 Å². The molecular formula is C12H10ClF3N4O. The number of anilines is 1. The third-order valence-electron chi connectivity index (χ3n) is 2.56. The predicted molar refractivity (Wildman–Crippen MR) is 70.8 cm³/mol. The molecule has 1 amide bonds. The summed E-state index contributed by atoms with van der Waals surface area (Å²) in [5.41, 5.74) is 0.578. The fraction of sp³-hybridized carbons (Fsp3) is 0.250. The molecule has 0 atom stereocenters. The van der Waals surface area contributed by atoms with Crippen molar-refractivity contribution in [2.24, 2.45) is 0 Å². The van der Waals surface area contributed by atoms with Crippen molar-refractivity contribution in [1.82, 2.24) is 14.8 Å². The van der Waals surface area contributed by atoms with Crippen molar-refractivity contribution in [3.63, 3.8) is 0 Å². The summed E-state index contributed by atoms with van der Waals surface area (Å²) in [4.78, 5) is 14.9. The Labute approximate surface area is 122 Å². The van der Waals surface area contributed by atoms with Crippen LogP contribution >= 0.6 is 11.6 Å². The highest BCUT2D eigenvalue weighted by atomic mass is 35.5. The van der Waals surface area contributed by atoms with Crippen molar-refractivity contribution >= 4 is 23.5 Å². The van der Waals surface area contributed by atoms with E-state index in [9.17, 15) is 18.0 Å². The van der Waals surface area contributed by atoms with Gasteiger partial charge in [0.2, 0.25) is 5.95 Å². The minimum absolute atomic E-state index is 0.200. The van der Waals surface area contributed by atoms with Crippen LogP contribution in [0.15, 0.2) is 24.3 Å². The van der Waals surface area contributed by atoms with Crippen LogP contribution in [0.3, 0.4) is 0 Å². The van der Waals surface area contributed by atoms with Gasteiger partial charge in [-0.05, 0) is 31.2 Å². The highest BCUT2D eigenvalue weighted by Gasteiger charge is 2.39. The van der Waals surface area contributed by atoms with Gasteiger partial charge in [0, 0.05) is 17.1 Å². The minimum Gasteiger partial charge on any atom is -0.287 e. The lowest BCUT2D eigenvalue weighted by Gasteiger charge is -2.07. The Bertz CT molecular complexity index is 652. The van der Waals surface area contributed by atoms with E-state index in [1.54, 1.807) is 36.5 Å². The molecule has 0 aliphatic rings. The maximum atomic E-state index is 12.3. The number of nitrogens with one attached hydrogen (secondary N) is 1. The van der Waals surface area contributed by atoms with Crippen molar-refractivity contribution < 1.29 is 18.0 Å².